The highest BCUT2D eigenvalue weighted by atomic mass is 19.4. The van der Waals surface area contributed by atoms with Gasteiger partial charge in [-0.3, -0.25) is 9.78 Å². The second-order valence-corrected chi connectivity index (χ2v) is 10.2. The quantitative estimate of drug-likeness (QED) is 0.208. The minimum Gasteiger partial charge on any atom is -0.489 e. The number of hydrogen-bond donors (Lipinski definition) is 1. The first-order chi connectivity index (χ1) is 19.6. The molecule has 0 spiro atoms. The van der Waals surface area contributed by atoms with E-state index in [-0.39, 0.29) is 24.5 Å². The van der Waals surface area contributed by atoms with Crippen LogP contribution in [0.5, 0.6) is 5.75 Å². The summed E-state index contributed by atoms with van der Waals surface area (Å²) in [5.41, 5.74) is 4.76. The van der Waals surface area contributed by atoms with Gasteiger partial charge < -0.3 is 9.84 Å². The Hall–Kier alpha value is -4.65. The highest BCUT2D eigenvalue weighted by Gasteiger charge is 2.34. The number of benzene rings is 4. The van der Waals surface area contributed by atoms with Crippen LogP contribution in [0.4, 0.5) is 13.2 Å². The van der Waals surface area contributed by atoms with E-state index < -0.39 is 17.7 Å². The van der Waals surface area contributed by atoms with Crippen molar-refractivity contribution >= 4 is 16.9 Å². The summed E-state index contributed by atoms with van der Waals surface area (Å²) in [6.45, 7) is 4.41. The molecule has 1 aromatic heterocycles. The average Bonchev–Trinajstić information content (AvgIpc) is 2.95. The molecule has 5 aromatic rings. The van der Waals surface area contributed by atoms with E-state index in [0.717, 1.165) is 28.3 Å². The molecule has 0 aliphatic carbocycles. The van der Waals surface area contributed by atoms with Gasteiger partial charge >= 0.3 is 12.1 Å². The number of para-hydroxylation sites is 1. The maximum Gasteiger partial charge on any atom is 0.418 e. The Morgan fingerprint density at radius 3 is 2.29 bits per heavy atom. The standard InChI is InChI=1S/C34H28F3NO3/c1-21(2)26-9-3-4-10-27(26)29-19-38-33-28(11-6-12-30(33)34(35,36)37)32(29)24-7-5-8-25(18-24)41-20-23-15-13-22(14-16-23)17-31(39)40/h3-16,18-19,21H,17,20H2,1-2H3,(H,39,40). The van der Waals surface area contributed by atoms with Crippen LogP contribution >= 0.6 is 0 Å². The monoisotopic (exact) mass is 555 g/mol. The Bertz CT molecular complexity index is 1710. The number of rotatable bonds is 8. The van der Waals surface area contributed by atoms with Gasteiger partial charge in [0.15, 0.2) is 0 Å². The summed E-state index contributed by atoms with van der Waals surface area (Å²) in [5.74, 6) is -0.155. The number of aromatic nitrogens is 1. The Kier molecular flexibility index (Phi) is 7.79. The van der Waals surface area contributed by atoms with Crippen molar-refractivity contribution in [3.05, 3.63) is 119 Å². The third-order valence-electron chi connectivity index (χ3n) is 6.98. The smallest absolute Gasteiger partial charge is 0.418 e. The zero-order valence-corrected chi connectivity index (χ0v) is 22.6. The van der Waals surface area contributed by atoms with Crippen LogP contribution in [-0.4, -0.2) is 16.1 Å². The Morgan fingerprint density at radius 2 is 1.59 bits per heavy atom. The van der Waals surface area contributed by atoms with Crippen LogP contribution in [0.25, 0.3) is 33.2 Å². The van der Waals surface area contributed by atoms with E-state index in [2.05, 4.69) is 18.8 Å². The molecule has 208 valence electrons. The molecule has 0 amide bonds. The number of halogens is 3. The van der Waals surface area contributed by atoms with Crippen molar-refractivity contribution in [1.82, 2.24) is 4.98 Å². The van der Waals surface area contributed by atoms with Crippen LogP contribution in [0.3, 0.4) is 0 Å². The van der Waals surface area contributed by atoms with Crippen molar-refractivity contribution in [2.75, 3.05) is 0 Å². The number of alkyl halides is 3. The first-order valence-electron chi connectivity index (χ1n) is 13.2. The molecule has 0 saturated carbocycles. The van der Waals surface area contributed by atoms with Crippen LogP contribution in [0.2, 0.25) is 0 Å². The van der Waals surface area contributed by atoms with E-state index in [9.17, 15) is 18.0 Å². The fourth-order valence-corrected chi connectivity index (χ4v) is 5.05. The number of nitrogens with zero attached hydrogens (tertiary/aromatic N) is 1. The number of hydrogen-bond acceptors (Lipinski definition) is 3. The molecule has 0 radical (unpaired) electrons. The highest BCUT2D eigenvalue weighted by Crippen LogP contribution is 2.43. The molecule has 0 aliphatic heterocycles. The van der Waals surface area contributed by atoms with Gasteiger partial charge in [0, 0.05) is 22.7 Å². The van der Waals surface area contributed by atoms with Crippen molar-refractivity contribution in [3.63, 3.8) is 0 Å². The summed E-state index contributed by atoms with van der Waals surface area (Å²) in [4.78, 5) is 15.3. The third-order valence-corrected chi connectivity index (χ3v) is 6.98. The molecule has 4 aromatic carbocycles. The van der Waals surface area contributed by atoms with Gasteiger partial charge in [0.2, 0.25) is 0 Å². The molecule has 0 bridgehead atoms. The summed E-state index contributed by atoms with van der Waals surface area (Å²) < 4.78 is 48.0. The fourth-order valence-electron chi connectivity index (χ4n) is 5.05. The van der Waals surface area contributed by atoms with Crippen molar-refractivity contribution in [3.8, 4) is 28.0 Å². The molecular weight excluding hydrogens is 527 g/mol. The van der Waals surface area contributed by atoms with Gasteiger partial charge in [0.05, 0.1) is 17.5 Å². The zero-order chi connectivity index (χ0) is 29.1. The normalized spacial score (nSPS) is 11.7. The molecule has 0 saturated heterocycles. The Labute approximate surface area is 236 Å². The summed E-state index contributed by atoms with van der Waals surface area (Å²) in [6.07, 6.45) is -3.06. The number of ether oxygens (including phenoxy) is 1. The summed E-state index contributed by atoms with van der Waals surface area (Å²) in [5, 5.41) is 9.38. The van der Waals surface area contributed by atoms with Crippen LogP contribution < -0.4 is 4.74 Å². The molecule has 0 aliphatic rings. The van der Waals surface area contributed by atoms with Crippen LogP contribution in [-0.2, 0) is 24.0 Å². The topological polar surface area (TPSA) is 59.4 Å². The van der Waals surface area contributed by atoms with E-state index in [1.165, 1.54) is 6.07 Å². The molecule has 0 unspecified atom stereocenters. The van der Waals surface area contributed by atoms with Crippen LogP contribution in [0.15, 0.2) is 97.2 Å². The maximum atomic E-state index is 14.0. The number of carbonyl (C=O) groups is 1. The Morgan fingerprint density at radius 1 is 0.878 bits per heavy atom. The number of carboxylic acids is 1. The number of carboxylic acid groups (broad SMARTS) is 1. The number of fused-ring (bicyclic) bond motifs is 1. The minimum atomic E-state index is -4.55. The zero-order valence-electron chi connectivity index (χ0n) is 22.6. The molecule has 5 rings (SSSR count). The van der Waals surface area contributed by atoms with Crippen molar-refractivity contribution < 1.29 is 27.8 Å². The second kappa shape index (κ2) is 11.5. The first-order valence-corrected chi connectivity index (χ1v) is 13.2. The van der Waals surface area contributed by atoms with E-state index in [1.54, 1.807) is 30.5 Å². The Balaban J connectivity index is 1.60. The van der Waals surface area contributed by atoms with E-state index in [4.69, 9.17) is 9.84 Å². The van der Waals surface area contributed by atoms with Crippen LogP contribution in [0, 0.1) is 0 Å². The van der Waals surface area contributed by atoms with Gasteiger partial charge in [0.25, 0.3) is 0 Å². The predicted octanol–water partition coefficient (Wildman–Crippen LogP) is 8.92. The lowest BCUT2D eigenvalue weighted by Crippen LogP contribution is -2.07. The van der Waals surface area contributed by atoms with Crippen molar-refractivity contribution in [2.45, 2.75) is 39.0 Å². The van der Waals surface area contributed by atoms with E-state index in [1.807, 2.05) is 54.6 Å². The summed E-state index contributed by atoms with van der Waals surface area (Å²) >= 11 is 0. The van der Waals surface area contributed by atoms with Gasteiger partial charge in [0.1, 0.15) is 12.4 Å². The highest BCUT2D eigenvalue weighted by molar-refractivity contribution is 6.03. The van der Waals surface area contributed by atoms with Crippen molar-refractivity contribution in [2.24, 2.45) is 0 Å². The molecule has 1 heterocycles. The summed E-state index contributed by atoms with van der Waals surface area (Å²) in [7, 11) is 0. The fraction of sp³-hybridized carbons (Fsp3) is 0.176. The average molecular weight is 556 g/mol. The third kappa shape index (κ3) is 6.09. The molecule has 41 heavy (non-hydrogen) atoms. The van der Waals surface area contributed by atoms with E-state index in [0.29, 0.717) is 27.8 Å². The SMILES string of the molecule is CC(C)c1ccccc1-c1cnc2c(C(F)(F)F)cccc2c1-c1cccc(OCc2ccc(CC(=O)O)cc2)c1. The van der Waals surface area contributed by atoms with Gasteiger partial charge in [-0.15, -0.1) is 0 Å². The predicted molar refractivity (Wildman–Crippen MR) is 154 cm³/mol. The molecule has 4 nitrogen and oxygen atoms in total. The molecular formula is C34H28F3NO3. The van der Waals surface area contributed by atoms with Gasteiger partial charge in [-0.1, -0.05) is 86.6 Å². The largest absolute Gasteiger partial charge is 0.489 e. The van der Waals surface area contributed by atoms with Gasteiger partial charge in [-0.25, -0.2) is 0 Å². The second-order valence-electron chi connectivity index (χ2n) is 10.2. The lowest BCUT2D eigenvalue weighted by molar-refractivity contribution is -0.137. The van der Waals surface area contributed by atoms with E-state index >= 15 is 0 Å². The first kappa shape index (κ1) is 27.9. The lowest BCUT2D eigenvalue weighted by Gasteiger charge is -2.19. The number of pyridine rings is 1. The minimum absolute atomic E-state index is 0.0542. The van der Waals surface area contributed by atoms with Crippen molar-refractivity contribution in [1.29, 1.82) is 0 Å². The van der Waals surface area contributed by atoms with Crippen LogP contribution in [0.1, 0.15) is 42.0 Å². The molecule has 0 atom stereocenters. The molecule has 1 N–H and O–H groups in total. The summed E-state index contributed by atoms with van der Waals surface area (Å²) in [6, 6.07) is 26.5. The maximum absolute atomic E-state index is 14.0. The van der Waals surface area contributed by atoms with Gasteiger partial charge in [-0.2, -0.15) is 13.2 Å². The molecule has 0 fully saturated rings. The lowest BCUT2D eigenvalue weighted by atomic mass is 9.87. The molecule has 7 heteroatoms. The van der Waals surface area contributed by atoms with Gasteiger partial charge in [-0.05, 0) is 51.9 Å². The number of aliphatic carboxylic acids is 1.